The van der Waals surface area contributed by atoms with Crippen LogP contribution >= 0.6 is 0 Å². The van der Waals surface area contributed by atoms with Crippen LogP contribution in [0.4, 0.5) is 11.4 Å². The number of Topliss-reactive ketones (excluding diaryl/α,β-unsaturated/α-hetero) is 1. The summed E-state index contributed by atoms with van der Waals surface area (Å²) in [5, 5.41) is 8.09. The molecule has 0 heterocycles. The van der Waals surface area contributed by atoms with Crippen molar-refractivity contribution in [2.24, 2.45) is 10.2 Å². The van der Waals surface area contributed by atoms with Gasteiger partial charge in [0, 0.05) is 5.56 Å². The molecule has 0 aliphatic heterocycles. The number of hydrogen-bond acceptors (Lipinski definition) is 12. The summed E-state index contributed by atoms with van der Waals surface area (Å²) >= 11 is 0. The quantitative estimate of drug-likeness (QED) is 0.126. The van der Waals surface area contributed by atoms with E-state index in [1.165, 1.54) is 18.2 Å². The molecule has 0 aromatic heterocycles. The first kappa shape index (κ1) is 34.2. The lowest BCUT2D eigenvalue weighted by molar-refractivity contribution is -0.108. The van der Waals surface area contributed by atoms with Gasteiger partial charge in [0.25, 0.3) is 30.4 Å². The number of nitrogens with one attached hydrogen (secondary N) is 2. The van der Waals surface area contributed by atoms with Gasteiger partial charge in [0.15, 0.2) is 5.71 Å². The van der Waals surface area contributed by atoms with Gasteiger partial charge in [-0.2, -0.15) is 35.5 Å². The average Bonchev–Trinajstić information content (AvgIpc) is 3.06. The van der Waals surface area contributed by atoms with Crippen LogP contribution in [0.2, 0.25) is 0 Å². The van der Waals surface area contributed by atoms with E-state index in [9.17, 15) is 48.5 Å². The van der Waals surface area contributed by atoms with Crippen LogP contribution < -0.4 is 10.9 Å². The summed E-state index contributed by atoms with van der Waals surface area (Å²) in [6.07, 6.45) is 3.76. The highest BCUT2D eigenvalue weighted by atomic mass is 32.2. The maximum absolute atomic E-state index is 13.4. The predicted molar refractivity (Wildman–Crippen MR) is 184 cm³/mol. The largest absolute Gasteiger partial charge is 0.296 e. The fraction of sp³-hybridized carbons (Fsp3) is 0. The van der Waals surface area contributed by atoms with Crippen molar-refractivity contribution in [3.63, 3.8) is 0 Å². The number of carbonyl (C=O) groups excluding carboxylic acids is 2. The lowest BCUT2D eigenvalue weighted by Crippen LogP contribution is -2.29. The summed E-state index contributed by atoms with van der Waals surface area (Å²) in [5.74, 6) is -1.63. The lowest BCUT2D eigenvalue weighted by atomic mass is 9.94. The molecule has 0 radical (unpaired) electrons. The van der Waals surface area contributed by atoms with Crippen LogP contribution in [-0.4, -0.2) is 61.9 Å². The maximum Gasteiger partial charge on any atom is 0.296 e. The molecule has 0 saturated carbocycles. The van der Waals surface area contributed by atoms with Crippen LogP contribution in [-0.2, 0) is 35.1 Å². The highest BCUT2D eigenvalue weighted by Gasteiger charge is 2.38. The summed E-state index contributed by atoms with van der Waals surface area (Å²) in [6.45, 7) is 0. The van der Waals surface area contributed by atoms with E-state index >= 15 is 0 Å². The van der Waals surface area contributed by atoms with Crippen molar-refractivity contribution in [2.75, 3.05) is 10.9 Å². The first-order valence-corrected chi connectivity index (χ1v) is 18.4. The zero-order chi connectivity index (χ0) is 36.0. The third-order valence-corrected chi connectivity index (χ3v) is 10.1. The summed E-state index contributed by atoms with van der Waals surface area (Å²) in [7, 11) is -15.6. The SMILES string of the molecule is O=C1C=Cc2ccccc2/C1=N\Nc1ccc(-c2ccc(N/N=C3/C(=O)c4c(cc(S(=O)(=O)O)cc4S(=O)(=O)O)C=C3S(=O)(=O)O)cc2)cc1. The van der Waals surface area contributed by atoms with E-state index in [2.05, 4.69) is 21.1 Å². The van der Waals surface area contributed by atoms with E-state index < -0.39 is 67.7 Å². The molecule has 18 heteroatoms. The van der Waals surface area contributed by atoms with Crippen LogP contribution in [0.15, 0.2) is 116 Å². The number of carbonyl (C=O) groups is 2. The standard InChI is InChI=1S/C32H22N4O11S3/c37-26-14-9-20-3-1-2-4-25(20)30(26)35-33-22-10-5-18(6-11-22)19-7-12-23(13-8-19)34-36-31-28(50(45,46)47)16-21-15-24(48(39,40)41)17-27(49(42,43)44)29(21)32(31)38/h1-17,33-34H,(H,39,40,41)(H,42,43,44)(H,45,46,47)/b35-30+,36-31+. The molecule has 15 nitrogen and oxygen atoms in total. The summed E-state index contributed by atoms with van der Waals surface area (Å²) in [5.41, 5.74) is 7.11. The molecule has 5 N–H and O–H groups in total. The van der Waals surface area contributed by atoms with Gasteiger partial charge in [-0.05, 0) is 70.8 Å². The molecule has 0 atom stereocenters. The van der Waals surface area contributed by atoms with Gasteiger partial charge < -0.3 is 0 Å². The number of ketones is 2. The van der Waals surface area contributed by atoms with Crippen molar-refractivity contribution >= 4 is 76.9 Å². The van der Waals surface area contributed by atoms with Crippen LogP contribution in [0.25, 0.3) is 23.3 Å². The smallest absolute Gasteiger partial charge is 0.287 e. The molecule has 50 heavy (non-hydrogen) atoms. The Morgan fingerprint density at radius 1 is 0.580 bits per heavy atom. The molecule has 2 aliphatic rings. The number of hydrogen-bond donors (Lipinski definition) is 5. The van der Waals surface area contributed by atoms with Crippen molar-refractivity contribution in [1.82, 2.24) is 0 Å². The third kappa shape index (κ3) is 6.92. The molecule has 0 fully saturated rings. The number of anilines is 2. The van der Waals surface area contributed by atoms with Gasteiger partial charge in [-0.15, -0.1) is 0 Å². The Hall–Kier alpha value is -5.63. The molecule has 0 bridgehead atoms. The number of rotatable bonds is 8. The molecule has 4 aromatic carbocycles. The normalized spacial score (nSPS) is 16.2. The van der Waals surface area contributed by atoms with E-state index in [0.29, 0.717) is 29.5 Å². The van der Waals surface area contributed by atoms with Crippen LogP contribution in [0.1, 0.15) is 27.0 Å². The molecule has 6 rings (SSSR count). The first-order valence-electron chi connectivity index (χ1n) is 14.1. The van der Waals surface area contributed by atoms with E-state index in [0.717, 1.165) is 16.7 Å². The van der Waals surface area contributed by atoms with E-state index in [1.54, 1.807) is 42.5 Å². The number of benzene rings is 4. The minimum Gasteiger partial charge on any atom is -0.287 e. The van der Waals surface area contributed by atoms with E-state index in [-0.39, 0.29) is 17.2 Å². The second-order valence-corrected chi connectivity index (χ2v) is 14.9. The third-order valence-electron chi connectivity index (χ3n) is 7.48. The number of nitrogens with zero attached hydrogens (tertiary/aromatic N) is 2. The van der Waals surface area contributed by atoms with Crippen molar-refractivity contribution < 1.29 is 48.5 Å². The van der Waals surface area contributed by atoms with Gasteiger partial charge in [0.1, 0.15) is 15.5 Å². The van der Waals surface area contributed by atoms with Crippen LogP contribution in [0.3, 0.4) is 0 Å². The molecule has 4 aromatic rings. The van der Waals surface area contributed by atoms with Crippen LogP contribution in [0.5, 0.6) is 0 Å². The summed E-state index contributed by atoms with van der Waals surface area (Å²) < 4.78 is 101. The zero-order valence-corrected chi connectivity index (χ0v) is 27.5. The summed E-state index contributed by atoms with van der Waals surface area (Å²) in [6, 6.07) is 21.8. The van der Waals surface area contributed by atoms with Crippen molar-refractivity contribution in [2.45, 2.75) is 9.79 Å². The van der Waals surface area contributed by atoms with Gasteiger partial charge in [0.2, 0.25) is 11.6 Å². The molecule has 254 valence electrons. The molecular weight excluding hydrogens is 713 g/mol. The second kappa shape index (κ2) is 12.7. The highest BCUT2D eigenvalue weighted by Crippen LogP contribution is 2.33. The fourth-order valence-corrected chi connectivity index (χ4v) is 7.15. The maximum atomic E-state index is 13.4. The van der Waals surface area contributed by atoms with Gasteiger partial charge in [-0.25, -0.2) is 0 Å². The number of allylic oxidation sites excluding steroid dienone is 2. The van der Waals surface area contributed by atoms with Crippen molar-refractivity contribution in [3.8, 4) is 11.1 Å². The topological polar surface area (TPSA) is 246 Å². The van der Waals surface area contributed by atoms with E-state index in [4.69, 9.17) is 0 Å². The van der Waals surface area contributed by atoms with Crippen molar-refractivity contribution in [1.29, 1.82) is 0 Å². The Kier molecular flexibility index (Phi) is 8.68. The minimum absolute atomic E-state index is 0.229. The molecule has 0 saturated heterocycles. The highest BCUT2D eigenvalue weighted by molar-refractivity contribution is 7.91. The summed E-state index contributed by atoms with van der Waals surface area (Å²) in [4.78, 5) is 22.4. The molecule has 2 aliphatic carbocycles. The zero-order valence-electron chi connectivity index (χ0n) is 25.0. The minimum atomic E-state index is -5.30. The monoisotopic (exact) mass is 734 g/mol. The van der Waals surface area contributed by atoms with Crippen molar-refractivity contribution in [3.05, 3.63) is 118 Å². The molecule has 0 unspecified atom stereocenters. The fourth-order valence-electron chi connectivity index (χ4n) is 5.13. The predicted octanol–water partition coefficient (Wildman–Crippen LogP) is 4.15. The molecular formula is C32H22N4O11S3. The second-order valence-electron chi connectivity index (χ2n) is 10.7. The Bertz CT molecular complexity index is 2580. The van der Waals surface area contributed by atoms with Gasteiger partial charge in [-0.3, -0.25) is 34.1 Å². The lowest BCUT2D eigenvalue weighted by Gasteiger charge is -2.19. The number of fused-ring (bicyclic) bond motifs is 2. The van der Waals surface area contributed by atoms with Gasteiger partial charge in [-0.1, -0.05) is 54.6 Å². The Balaban J connectivity index is 1.24. The van der Waals surface area contributed by atoms with Gasteiger partial charge >= 0.3 is 0 Å². The Morgan fingerprint density at radius 2 is 1.14 bits per heavy atom. The van der Waals surface area contributed by atoms with E-state index in [1.807, 2.05) is 24.3 Å². The molecule has 0 amide bonds. The first-order chi connectivity index (χ1) is 23.5. The number of hydrazone groups is 2. The van der Waals surface area contributed by atoms with Crippen LogP contribution in [0, 0.1) is 0 Å². The Labute approximate surface area is 284 Å². The Morgan fingerprint density at radius 3 is 1.68 bits per heavy atom. The van der Waals surface area contributed by atoms with Gasteiger partial charge in [0.05, 0.1) is 21.8 Å². The average molecular weight is 735 g/mol. The molecule has 0 spiro atoms.